The molecule has 25 heavy (non-hydrogen) atoms. The van der Waals surface area contributed by atoms with Crippen molar-refractivity contribution < 1.29 is 0 Å². The van der Waals surface area contributed by atoms with Crippen molar-refractivity contribution in [3.05, 3.63) is 29.0 Å². The number of piperidine rings is 1. The fourth-order valence-electron chi connectivity index (χ4n) is 3.10. The third kappa shape index (κ3) is 8.09. The molecular weight excluding hydrogens is 449 g/mol. The van der Waals surface area contributed by atoms with E-state index in [0.29, 0.717) is 11.2 Å². The van der Waals surface area contributed by atoms with Crippen LogP contribution in [0.1, 0.15) is 38.7 Å². The van der Waals surface area contributed by atoms with Crippen LogP contribution in [0.4, 0.5) is 0 Å². The summed E-state index contributed by atoms with van der Waals surface area (Å²) in [6.07, 6.45) is 6.63. The van der Waals surface area contributed by atoms with Crippen LogP contribution in [0.15, 0.2) is 23.3 Å². The molecule has 1 aromatic rings. The summed E-state index contributed by atoms with van der Waals surface area (Å²) in [4.78, 5) is 11.5. The van der Waals surface area contributed by atoms with Crippen molar-refractivity contribution in [3.8, 4) is 0 Å². The Hall–Kier alpha value is -0.600. The van der Waals surface area contributed by atoms with Gasteiger partial charge in [-0.1, -0.05) is 31.0 Å². The number of pyridine rings is 1. The molecule has 1 aliphatic heterocycles. The first-order valence-electron chi connectivity index (χ1n) is 9.09. The molecule has 1 atom stereocenters. The Bertz CT molecular complexity index is 509. The number of nitrogens with zero attached hydrogens (tertiary/aromatic N) is 3. The van der Waals surface area contributed by atoms with E-state index in [9.17, 15) is 0 Å². The highest BCUT2D eigenvalue weighted by atomic mass is 127. The number of aliphatic imine (C=N–C) groups is 1. The molecule has 1 unspecified atom stereocenters. The first kappa shape index (κ1) is 22.4. The zero-order valence-electron chi connectivity index (χ0n) is 15.3. The standard InChI is InChI=1S/C18H30ClN5.HI/c1-3-20-18(21-11-10-15-8-9-17(19)22-13-15)23-14-16-7-5-6-12-24(16)4-2;/h8-9,13,16H,3-7,10-12,14H2,1-2H3,(H2,20,21,23);1H. The van der Waals surface area contributed by atoms with E-state index in [0.717, 1.165) is 38.6 Å². The Labute approximate surface area is 174 Å². The van der Waals surface area contributed by atoms with Gasteiger partial charge in [0.25, 0.3) is 0 Å². The maximum atomic E-state index is 5.82. The van der Waals surface area contributed by atoms with Gasteiger partial charge in [-0.25, -0.2) is 4.98 Å². The second-order valence-electron chi connectivity index (χ2n) is 6.16. The molecule has 2 rings (SSSR count). The second-order valence-corrected chi connectivity index (χ2v) is 6.55. The quantitative estimate of drug-likeness (QED) is 0.273. The third-order valence-corrected chi connectivity index (χ3v) is 4.68. The van der Waals surface area contributed by atoms with E-state index in [4.69, 9.17) is 16.6 Å². The van der Waals surface area contributed by atoms with E-state index in [-0.39, 0.29) is 24.0 Å². The van der Waals surface area contributed by atoms with Crippen molar-refractivity contribution in [2.24, 2.45) is 4.99 Å². The van der Waals surface area contributed by atoms with Gasteiger partial charge in [-0.05, 0) is 50.9 Å². The second kappa shape index (κ2) is 12.7. The Kier molecular flexibility index (Phi) is 11.4. The Morgan fingerprint density at radius 1 is 1.32 bits per heavy atom. The normalized spacial score (nSPS) is 18.5. The average molecular weight is 480 g/mol. The maximum Gasteiger partial charge on any atom is 0.191 e. The minimum Gasteiger partial charge on any atom is -0.357 e. The number of guanidine groups is 1. The number of likely N-dealkylation sites (tertiary alicyclic amines) is 1. The molecule has 7 heteroatoms. The highest BCUT2D eigenvalue weighted by Crippen LogP contribution is 2.16. The molecule has 1 saturated heterocycles. The molecule has 0 bridgehead atoms. The van der Waals surface area contributed by atoms with Crippen LogP contribution in [-0.2, 0) is 6.42 Å². The van der Waals surface area contributed by atoms with E-state index in [2.05, 4.69) is 34.4 Å². The molecular formula is C18H31ClIN5. The predicted molar refractivity (Wildman–Crippen MR) is 117 cm³/mol. The summed E-state index contributed by atoms with van der Waals surface area (Å²) in [5, 5.41) is 7.29. The van der Waals surface area contributed by atoms with Gasteiger partial charge in [0.1, 0.15) is 5.15 Å². The highest BCUT2D eigenvalue weighted by molar-refractivity contribution is 14.0. The van der Waals surface area contributed by atoms with Gasteiger partial charge >= 0.3 is 0 Å². The van der Waals surface area contributed by atoms with Crippen LogP contribution in [-0.4, -0.2) is 54.6 Å². The number of hydrogen-bond donors (Lipinski definition) is 2. The molecule has 0 spiro atoms. The van der Waals surface area contributed by atoms with Crippen molar-refractivity contribution >= 4 is 41.5 Å². The summed E-state index contributed by atoms with van der Waals surface area (Å²) in [6.45, 7) is 9.24. The molecule has 1 fully saturated rings. The summed E-state index contributed by atoms with van der Waals surface area (Å²) in [7, 11) is 0. The summed E-state index contributed by atoms with van der Waals surface area (Å²) < 4.78 is 0. The molecule has 0 saturated carbocycles. The van der Waals surface area contributed by atoms with Crippen LogP contribution in [0.5, 0.6) is 0 Å². The van der Waals surface area contributed by atoms with E-state index < -0.39 is 0 Å². The Morgan fingerprint density at radius 3 is 2.84 bits per heavy atom. The van der Waals surface area contributed by atoms with Crippen LogP contribution in [0.3, 0.4) is 0 Å². The minimum atomic E-state index is 0. The van der Waals surface area contributed by atoms with Gasteiger partial charge in [-0.2, -0.15) is 0 Å². The summed E-state index contributed by atoms with van der Waals surface area (Å²) in [5.41, 5.74) is 1.17. The zero-order valence-corrected chi connectivity index (χ0v) is 18.4. The van der Waals surface area contributed by atoms with Gasteiger partial charge in [0, 0.05) is 25.3 Å². The molecule has 1 aromatic heterocycles. The van der Waals surface area contributed by atoms with Crippen molar-refractivity contribution in [1.29, 1.82) is 0 Å². The number of aromatic nitrogens is 1. The smallest absolute Gasteiger partial charge is 0.191 e. The molecule has 2 heterocycles. The number of rotatable bonds is 7. The molecule has 0 amide bonds. The fourth-order valence-corrected chi connectivity index (χ4v) is 3.21. The van der Waals surface area contributed by atoms with Gasteiger partial charge in [0.2, 0.25) is 0 Å². The minimum absolute atomic E-state index is 0. The lowest BCUT2D eigenvalue weighted by Gasteiger charge is -2.33. The summed E-state index contributed by atoms with van der Waals surface area (Å²) >= 11 is 5.82. The van der Waals surface area contributed by atoms with Crippen LogP contribution in [0.2, 0.25) is 5.15 Å². The maximum absolute atomic E-state index is 5.82. The van der Waals surface area contributed by atoms with Gasteiger partial charge in [-0.15, -0.1) is 24.0 Å². The van der Waals surface area contributed by atoms with Crippen LogP contribution < -0.4 is 10.6 Å². The average Bonchev–Trinajstić information content (AvgIpc) is 2.61. The number of likely N-dealkylation sites (N-methyl/N-ethyl adjacent to an activating group) is 1. The number of hydrogen-bond acceptors (Lipinski definition) is 3. The largest absolute Gasteiger partial charge is 0.357 e. The number of nitrogens with one attached hydrogen (secondary N) is 2. The van der Waals surface area contributed by atoms with E-state index in [1.807, 2.05) is 18.3 Å². The van der Waals surface area contributed by atoms with Gasteiger partial charge < -0.3 is 10.6 Å². The summed E-state index contributed by atoms with van der Waals surface area (Å²) in [5.74, 6) is 0.904. The fraction of sp³-hybridized carbons (Fsp3) is 0.667. The molecule has 0 aliphatic carbocycles. The van der Waals surface area contributed by atoms with E-state index in [1.54, 1.807) is 0 Å². The van der Waals surface area contributed by atoms with Crippen LogP contribution in [0, 0.1) is 0 Å². The Morgan fingerprint density at radius 2 is 2.16 bits per heavy atom. The molecule has 5 nitrogen and oxygen atoms in total. The molecule has 0 radical (unpaired) electrons. The summed E-state index contributed by atoms with van der Waals surface area (Å²) in [6, 6.07) is 4.43. The predicted octanol–water partition coefficient (Wildman–Crippen LogP) is 3.33. The lowest BCUT2D eigenvalue weighted by molar-refractivity contribution is 0.161. The van der Waals surface area contributed by atoms with Gasteiger partial charge in [-0.3, -0.25) is 9.89 Å². The molecule has 2 N–H and O–H groups in total. The monoisotopic (exact) mass is 479 g/mol. The topological polar surface area (TPSA) is 52.6 Å². The van der Waals surface area contributed by atoms with Crippen molar-refractivity contribution in [2.75, 3.05) is 32.7 Å². The van der Waals surface area contributed by atoms with Gasteiger partial charge in [0.15, 0.2) is 5.96 Å². The van der Waals surface area contributed by atoms with Crippen LogP contribution >= 0.6 is 35.6 Å². The SMILES string of the molecule is CCNC(=NCC1CCCCN1CC)NCCc1ccc(Cl)nc1.I. The van der Waals surface area contributed by atoms with Crippen molar-refractivity contribution in [1.82, 2.24) is 20.5 Å². The lowest BCUT2D eigenvalue weighted by Crippen LogP contribution is -2.43. The third-order valence-electron chi connectivity index (χ3n) is 4.45. The van der Waals surface area contributed by atoms with E-state index >= 15 is 0 Å². The number of halogens is 2. The molecule has 142 valence electrons. The van der Waals surface area contributed by atoms with E-state index in [1.165, 1.54) is 31.4 Å². The molecule has 1 aliphatic rings. The van der Waals surface area contributed by atoms with Crippen molar-refractivity contribution in [3.63, 3.8) is 0 Å². The first-order chi connectivity index (χ1) is 11.7. The first-order valence-corrected chi connectivity index (χ1v) is 9.47. The highest BCUT2D eigenvalue weighted by Gasteiger charge is 2.20. The lowest BCUT2D eigenvalue weighted by atomic mass is 10.0. The van der Waals surface area contributed by atoms with Crippen molar-refractivity contribution in [2.45, 2.75) is 45.6 Å². The zero-order chi connectivity index (χ0) is 17.2. The Balaban J connectivity index is 0.00000312. The van der Waals surface area contributed by atoms with Crippen LogP contribution in [0.25, 0.3) is 0 Å². The van der Waals surface area contributed by atoms with Gasteiger partial charge in [0.05, 0.1) is 6.54 Å². The molecule has 0 aromatic carbocycles.